The van der Waals surface area contributed by atoms with Crippen molar-refractivity contribution in [1.29, 1.82) is 0 Å². The van der Waals surface area contributed by atoms with Crippen LogP contribution >= 0.6 is 0 Å². The van der Waals surface area contributed by atoms with Crippen molar-refractivity contribution < 1.29 is 18.4 Å². The van der Waals surface area contributed by atoms with E-state index < -0.39 is 17.9 Å². The first-order valence-electron chi connectivity index (χ1n) is 6.73. The smallest absolute Gasteiger partial charge is 0.400 e. The van der Waals surface area contributed by atoms with Crippen molar-refractivity contribution in [2.45, 2.75) is 20.0 Å². The van der Waals surface area contributed by atoms with E-state index in [4.69, 9.17) is 10.9 Å². The molecule has 0 radical (unpaired) electrons. The highest BCUT2D eigenvalue weighted by Crippen LogP contribution is 2.27. The van der Waals surface area contributed by atoms with Crippen LogP contribution in [0.3, 0.4) is 0 Å². The fourth-order valence-electron chi connectivity index (χ4n) is 2.36. The highest BCUT2D eigenvalue weighted by molar-refractivity contribution is 5.83. The summed E-state index contributed by atoms with van der Waals surface area (Å²) in [4.78, 5) is 3.96. The van der Waals surface area contributed by atoms with E-state index in [1.165, 1.54) is 0 Å². The van der Waals surface area contributed by atoms with Gasteiger partial charge in [0.25, 0.3) is 0 Å². The van der Waals surface area contributed by atoms with Crippen molar-refractivity contribution in [2.75, 3.05) is 39.3 Å². The minimum absolute atomic E-state index is 0.255. The Bertz CT molecular complexity index is 325. The predicted molar refractivity (Wildman–Crippen MR) is 70.7 cm³/mol. The fraction of sp³-hybridized carbons (Fsp3) is 0.917. The standard InChI is InChI=1S/C12H23F3N4O/c1-9(2)7-18-3-5-19(6-4-18)8-10(11(16)17-20)12(13,14)15/h9-10,20H,3-8H2,1-2H3,(H2,16,17). The lowest BCUT2D eigenvalue weighted by Gasteiger charge is -2.37. The van der Waals surface area contributed by atoms with Gasteiger partial charge in [0, 0.05) is 39.3 Å². The van der Waals surface area contributed by atoms with Crippen LogP contribution in [0.2, 0.25) is 0 Å². The summed E-state index contributed by atoms with van der Waals surface area (Å²) in [5.41, 5.74) is 5.16. The zero-order valence-electron chi connectivity index (χ0n) is 11.9. The summed E-state index contributed by atoms with van der Waals surface area (Å²) in [5.74, 6) is -2.15. The van der Waals surface area contributed by atoms with Crippen LogP contribution in [-0.2, 0) is 0 Å². The van der Waals surface area contributed by atoms with Crippen LogP contribution in [0.5, 0.6) is 0 Å². The third-order valence-corrected chi connectivity index (χ3v) is 3.40. The van der Waals surface area contributed by atoms with Crippen molar-refractivity contribution >= 4 is 5.84 Å². The molecule has 0 aliphatic carbocycles. The van der Waals surface area contributed by atoms with E-state index in [-0.39, 0.29) is 6.54 Å². The van der Waals surface area contributed by atoms with Crippen molar-refractivity contribution in [2.24, 2.45) is 22.7 Å². The van der Waals surface area contributed by atoms with Crippen LogP contribution in [0.15, 0.2) is 5.16 Å². The summed E-state index contributed by atoms with van der Waals surface area (Å²) < 4.78 is 38.6. The highest BCUT2D eigenvalue weighted by atomic mass is 19.4. The molecule has 20 heavy (non-hydrogen) atoms. The average molecular weight is 296 g/mol. The van der Waals surface area contributed by atoms with E-state index in [0.717, 1.165) is 19.6 Å². The Morgan fingerprint density at radius 3 is 1.95 bits per heavy atom. The molecule has 0 aromatic carbocycles. The van der Waals surface area contributed by atoms with E-state index in [2.05, 4.69) is 23.9 Å². The first-order chi connectivity index (χ1) is 9.24. The molecule has 8 heteroatoms. The first kappa shape index (κ1) is 17.0. The number of nitrogens with zero attached hydrogens (tertiary/aromatic N) is 3. The zero-order chi connectivity index (χ0) is 15.3. The first-order valence-corrected chi connectivity index (χ1v) is 6.73. The molecule has 3 N–H and O–H groups in total. The molecule has 0 saturated carbocycles. The maximum absolute atomic E-state index is 12.9. The van der Waals surface area contributed by atoms with Gasteiger partial charge in [-0.05, 0) is 5.92 Å². The number of oxime groups is 1. The predicted octanol–water partition coefficient (Wildman–Crippen LogP) is 1.18. The Labute approximate surface area is 117 Å². The Hall–Kier alpha value is -1.02. The van der Waals surface area contributed by atoms with Gasteiger partial charge in [-0.3, -0.25) is 4.90 Å². The molecule has 1 fully saturated rings. The summed E-state index contributed by atoms with van der Waals surface area (Å²) in [6.45, 7) is 7.56. The van der Waals surface area contributed by atoms with Crippen LogP contribution < -0.4 is 5.73 Å². The number of amidine groups is 1. The summed E-state index contributed by atoms with van der Waals surface area (Å²) in [5, 5.41) is 11.0. The van der Waals surface area contributed by atoms with E-state index >= 15 is 0 Å². The lowest BCUT2D eigenvalue weighted by atomic mass is 10.1. The second kappa shape index (κ2) is 7.12. The van der Waals surface area contributed by atoms with Gasteiger partial charge in [-0.1, -0.05) is 19.0 Å². The number of nitrogens with two attached hydrogens (primary N) is 1. The molecule has 1 aliphatic heterocycles. The third kappa shape index (κ3) is 5.16. The minimum Gasteiger partial charge on any atom is -0.409 e. The molecule has 0 amide bonds. The normalized spacial score (nSPS) is 21.4. The number of halogens is 3. The van der Waals surface area contributed by atoms with Gasteiger partial charge in [0.1, 0.15) is 5.92 Å². The van der Waals surface area contributed by atoms with Crippen LogP contribution in [0, 0.1) is 11.8 Å². The molecule has 118 valence electrons. The van der Waals surface area contributed by atoms with Crippen molar-refractivity contribution in [1.82, 2.24) is 9.80 Å². The summed E-state index contributed by atoms with van der Waals surface area (Å²) in [7, 11) is 0. The number of piperazine rings is 1. The van der Waals surface area contributed by atoms with Crippen LogP contribution in [0.4, 0.5) is 13.2 Å². The van der Waals surface area contributed by atoms with Crippen LogP contribution in [0.1, 0.15) is 13.8 Å². The van der Waals surface area contributed by atoms with Gasteiger partial charge in [0.05, 0.1) is 0 Å². The van der Waals surface area contributed by atoms with E-state index in [9.17, 15) is 13.2 Å². The van der Waals surface area contributed by atoms with Crippen molar-refractivity contribution in [3.63, 3.8) is 0 Å². The second-order valence-corrected chi connectivity index (χ2v) is 5.61. The number of hydrogen-bond donors (Lipinski definition) is 2. The molecule has 1 aliphatic rings. The molecule has 0 spiro atoms. The van der Waals surface area contributed by atoms with E-state index in [1.807, 2.05) is 0 Å². The molecule has 1 rings (SSSR count). The maximum atomic E-state index is 12.9. The Kier molecular flexibility index (Phi) is 6.07. The van der Waals surface area contributed by atoms with E-state index in [1.54, 1.807) is 4.90 Å². The van der Waals surface area contributed by atoms with Crippen molar-refractivity contribution in [3.05, 3.63) is 0 Å². The lowest BCUT2D eigenvalue weighted by Crippen LogP contribution is -2.52. The number of alkyl halides is 3. The third-order valence-electron chi connectivity index (χ3n) is 3.40. The number of rotatable bonds is 5. The summed E-state index contributed by atoms with van der Waals surface area (Å²) in [6, 6.07) is 0. The second-order valence-electron chi connectivity index (χ2n) is 5.61. The van der Waals surface area contributed by atoms with E-state index in [0.29, 0.717) is 19.0 Å². The number of hydrogen-bond acceptors (Lipinski definition) is 4. The van der Waals surface area contributed by atoms with Gasteiger partial charge in [0.15, 0.2) is 5.84 Å². The Balaban J connectivity index is 2.52. The fourth-order valence-corrected chi connectivity index (χ4v) is 2.36. The SMILES string of the molecule is CC(C)CN1CCN(CC(C(N)=NO)C(F)(F)F)CC1. The van der Waals surface area contributed by atoms with Gasteiger partial charge in [-0.25, -0.2) is 0 Å². The van der Waals surface area contributed by atoms with Gasteiger partial charge in [0.2, 0.25) is 0 Å². The quantitative estimate of drug-likeness (QED) is 0.346. The van der Waals surface area contributed by atoms with Crippen LogP contribution in [0.25, 0.3) is 0 Å². The molecule has 1 heterocycles. The molecular formula is C12H23F3N4O. The maximum Gasteiger partial charge on any atom is 0.400 e. The monoisotopic (exact) mass is 296 g/mol. The molecule has 0 bridgehead atoms. The van der Waals surface area contributed by atoms with Gasteiger partial charge in [-0.2, -0.15) is 13.2 Å². The summed E-state index contributed by atoms with van der Waals surface area (Å²) >= 11 is 0. The molecule has 0 aromatic heterocycles. The highest BCUT2D eigenvalue weighted by Gasteiger charge is 2.44. The topological polar surface area (TPSA) is 65.1 Å². The van der Waals surface area contributed by atoms with Crippen molar-refractivity contribution in [3.8, 4) is 0 Å². The zero-order valence-corrected chi connectivity index (χ0v) is 11.9. The molecule has 5 nitrogen and oxygen atoms in total. The Morgan fingerprint density at radius 2 is 1.60 bits per heavy atom. The van der Waals surface area contributed by atoms with Gasteiger partial charge < -0.3 is 15.8 Å². The molecule has 0 aromatic rings. The summed E-state index contributed by atoms with van der Waals surface area (Å²) in [6.07, 6.45) is -4.49. The molecular weight excluding hydrogens is 273 g/mol. The molecule has 1 unspecified atom stereocenters. The molecule has 1 saturated heterocycles. The largest absolute Gasteiger partial charge is 0.409 e. The average Bonchev–Trinajstić information content (AvgIpc) is 2.35. The molecule has 1 atom stereocenters. The van der Waals surface area contributed by atoms with Crippen LogP contribution in [-0.4, -0.2) is 66.3 Å². The van der Waals surface area contributed by atoms with Gasteiger partial charge in [-0.15, -0.1) is 0 Å². The Morgan fingerprint density at radius 1 is 1.15 bits per heavy atom. The minimum atomic E-state index is -4.49. The van der Waals surface area contributed by atoms with Gasteiger partial charge >= 0.3 is 6.18 Å². The lowest BCUT2D eigenvalue weighted by molar-refractivity contribution is -0.161.